The lowest BCUT2D eigenvalue weighted by Gasteiger charge is -2.15. The second kappa shape index (κ2) is 7.83. The predicted octanol–water partition coefficient (Wildman–Crippen LogP) is 4.68. The van der Waals surface area contributed by atoms with E-state index in [1.54, 1.807) is 12.1 Å². The maximum absolute atomic E-state index is 12.9. The van der Waals surface area contributed by atoms with Crippen molar-refractivity contribution in [2.24, 2.45) is 0 Å². The average molecular weight is 457 g/mol. The Hall–Kier alpha value is -2.17. The molecule has 0 radical (unpaired) electrons. The topological polar surface area (TPSA) is 94.5 Å². The third kappa shape index (κ3) is 4.23. The van der Waals surface area contributed by atoms with Crippen LogP contribution in [0.1, 0.15) is 16.8 Å². The molecule has 0 saturated carbocycles. The molecule has 1 aromatic carbocycles. The van der Waals surface area contributed by atoms with Gasteiger partial charge in [-0.25, -0.2) is 4.68 Å². The Kier molecular flexibility index (Phi) is 6.13. The van der Waals surface area contributed by atoms with E-state index in [0.29, 0.717) is 12.1 Å². The van der Waals surface area contributed by atoms with Crippen LogP contribution in [0.25, 0.3) is 5.69 Å². The fourth-order valence-corrected chi connectivity index (χ4v) is 2.74. The first-order valence-corrected chi connectivity index (χ1v) is 8.23. The van der Waals surface area contributed by atoms with Gasteiger partial charge < -0.3 is 5.32 Å². The molecule has 27 heavy (non-hydrogen) atoms. The van der Waals surface area contributed by atoms with E-state index in [-0.39, 0.29) is 17.1 Å². The number of nitrogens with one attached hydrogen (secondary N) is 1. The fraction of sp³-hybridized carbons (Fsp3) is 0.143. The number of rotatable bonds is 3. The van der Waals surface area contributed by atoms with E-state index in [1.165, 1.54) is 0 Å². The number of nitrogens with zero attached hydrogens (tertiary/aromatic N) is 4. The Morgan fingerprint density at radius 1 is 1.19 bits per heavy atom. The van der Waals surface area contributed by atoms with Crippen molar-refractivity contribution < 1.29 is 18.0 Å². The van der Waals surface area contributed by atoms with Crippen molar-refractivity contribution in [3.8, 4) is 17.8 Å². The van der Waals surface area contributed by atoms with Gasteiger partial charge in [-0.2, -0.15) is 28.8 Å². The summed E-state index contributed by atoms with van der Waals surface area (Å²) in [6, 6.07) is 4.43. The van der Waals surface area contributed by atoms with Gasteiger partial charge in [-0.05, 0) is 12.1 Å². The molecule has 0 aliphatic heterocycles. The number of nitriles is 2. The van der Waals surface area contributed by atoms with Gasteiger partial charge in [-0.15, -0.1) is 0 Å². The number of benzene rings is 1. The number of carbonyl (C=O) groups is 1. The Balaban J connectivity index is 2.76. The molecule has 0 atom stereocenters. The van der Waals surface area contributed by atoms with Crippen LogP contribution < -0.4 is 5.32 Å². The van der Waals surface area contributed by atoms with E-state index in [4.69, 9.17) is 51.7 Å². The van der Waals surface area contributed by atoms with E-state index < -0.39 is 38.2 Å². The first-order valence-electron chi connectivity index (χ1n) is 6.60. The van der Waals surface area contributed by atoms with Crippen LogP contribution in [-0.4, -0.2) is 20.5 Å². The van der Waals surface area contributed by atoms with E-state index in [0.717, 1.165) is 4.68 Å². The number of anilines is 1. The normalized spacial score (nSPS) is 11.2. The van der Waals surface area contributed by atoms with E-state index in [9.17, 15) is 23.2 Å². The highest BCUT2D eigenvalue weighted by molar-refractivity contribution is 6.54. The van der Waals surface area contributed by atoms with Crippen LogP contribution in [0.2, 0.25) is 10.0 Å². The van der Waals surface area contributed by atoms with Crippen LogP contribution >= 0.6 is 46.4 Å². The number of halogens is 7. The minimum Gasteiger partial charge on any atom is -0.307 e. The summed E-state index contributed by atoms with van der Waals surface area (Å²) in [5.74, 6) is -1.35. The number of aromatic nitrogens is 2. The first-order chi connectivity index (χ1) is 12.5. The third-order valence-corrected chi connectivity index (χ3v) is 4.07. The SMILES string of the molecule is N#Cc1nn(-c2c(Cl)cc(C(F)(F)F)cc2Cl)c(NC(=O)C(Cl)Cl)c1C#N. The van der Waals surface area contributed by atoms with Gasteiger partial charge in [-0.1, -0.05) is 46.4 Å². The van der Waals surface area contributed by atoms with E-state index >= 15 is 0 Å². The van der Waals surface area contributed by atoms with Gasteiger partial charge in [-0.3, -0.25) is 4.79 Å². The van der Waals surface area contributed by atoms with Crippen molar-refractivity contribution in [2.45, 2.75) is 11.0 Å². The average Bonchev–Trinajstić information content (AvgIpc) is 2.90. The van der Waals surface area contributed by atoms with Gasteiger partial charge in [0.1, 0.15) is 23.4 Å². The van der Waals surface area contributed by atoms with Crippen LogP contribution in [0, 0.1) is 22.7 Å². The minimum atomic E-state index is -4.72. The Morgan fingerprint density at radius 3 is 2.15 bits per heavy atom. The van der Waals surface area contributed by atoms with Gasteiger partial charge in [0, 0.05) is 0 Å². The minimum absolute atomic E-state index is 0.291. The molecule has 0 spiro atoms. The molecule has 140 valence electrons. The van der Waals surface area contributed by atoms with Crippen molar-refractivity contribution in [3.05, 3.63) is 39.0 Å². The summed E-state index contributed by atoms with van der Waals surface area (Å²) in [6.07, 6.45) is -4.72. The van der Waals surface area contributed by atoms with Gasteiger partial charge in [0.2, 0.25) is 0 Å². The molecule has 1 heterocycles. The molecule has 1 aromatic heterocycles. The van der Waals surface area contributed by atoms with Crippen molar-refractivity contribution in [3.63, 3.8) is 0 Å². The smallest absolute Gasteiger partial charge is 0.307 e. The molecule has 0 saturated heterocycles. The van der Waals surface area contributed by atoms with Crippen LogP contribution in [0.4, 0.5) is 19.0 Å². The number of hydrogen-bond donors (Lipinski definition) is 1. The molecule has 0 bridgehead atoms. The second-order valence-electron chi connectivity index (χ2n) is 4.78. The number of amides is 1. The van der Waals surface area contributed by atoms with Crippen LogP contribution in [0.5, 0.6) is 0 Å². The Labute approximate surface area is 169 Å². The van der Waals surface area contributed by atoms with Gasteiger partial charge >= 0.3 is 6.18 Å². The van der Waals surface area contributed by atoms with E-state index in [1.807, 2.05) is 0 Å². The molecule has 0 unspecified atom stereocenters. The molecule has 13 heteroatoms. The maximum atomic E-state index is 12.9. The second-order valence-corrected chi connectivity index (χ2v) is 6.69. The number of alkyl halides is 5. The van der Waals surface area contributed by atoms with Crippen LogP contribution in [0.3, 0.4) is 0 Å². The maximum Gasteiger partial charge on any atom is 0.416 e. The molecule has 2 aromatic rings. The summed E-state index contributed by atoms with van der Waals surface area (Å²) < 4.78 is 39.4. The van der Waals surface area contributed by atoms with Crippen LogP contribution in [0.15, 0.2) is 12.1 Å². The molecular weight excluding hydrogens is 453 g/mol. The summed E-state index contributed by atoms with van der Waals surface area (Å²) in [6.45, 7) is 0. The molecule has 2 rings (SSSR count). The van der Waals surface area contributed by atoms with Gasteiger partial charge in [0.25, 0.3) is 5.91 Å². The monoisotopic (exact) mass is 455 g/mol. The molecule has 6 nitrogen and oxygen atoms in total. The zero-order valence-electron chi connectivity index (χ0n) is 12.6. The third-order valence-electron chi connectivity index (χ3n) is 3.10. The standard InChI is InChI=1S/C14H4Cl4F3N5O/c15-7-1-5(14(19,20)21)2-8(16)10(7)26-12(24-13(27)11(17)18)6(3-22)9(4-23)25-26/h1-2,11H,(H,24,27). The number of hydrogen-bond acceptors (Lipinski definition) is 4. The molecular formula is C14H4Cl4F3N5O. The highest BCUT2D eigenvalue weighted by Gasteiger charge is 2.33. The lowest BCUT2D eigenvalue weighted by atomic mass is 10.2. The van der Waals surface area contributed by atoms with E-state index in [2.05, 4.69) is 10.4 Å². The van der Waals surface area contributed by atoms with Crippen molar-refractivity contribution in [1.29, 1.82) is 10.5 Å². The first kappa shape index (κ1) is 21.1. The molecule has 0 aliphatic rings. The van der Waals surface area contributed by atoms with Gasteiger partial charge in [0.05, 0.1) is 15.6 Å². The zero-order chi connectivity index (χ0) is 20.5. The molecule has 1 N–H and O–H groups in total. The lowest BCUT2D eigenvalue weighted by Crippen LogP contribution is -2.21. The van der Waals surface area contributed by atoms with Gasteiger partial charge in [0.15, 0.2) is 16.3 Å². The van der Waals surface area contributed by atoms with Crippen molar-refractivity contribution >= 4 is 58.1 Å². The zero-order valence-corrected chi connectivity index (χ0v) is 15.6. The summed E-state index contributed by atoms with van der Waals surface area (Å²) >= 11 is 22.7. The molecule has 0 aliphatic carbocycles. The predicted molar refractivity (Wildman–Crippen MR) is 92.1 cm³/mol. The summed E-state index contributed by atoms with van der Waals surface area (Å²) in [5, 5.41) is 23.3. The van der Waals surface area contributed by atoms with Crippen molar-refractivity contribution in [1.82, 2.24) is 9.78 Å². The Bertz CT molecular complexity index is 981. The summed E-state index contributed by atoms with van der Waals surface area (Å²) in [7, 11) is 0. The highest BCUT2D eigenvalue weighted by Crippen LogP contribution is 2.39. The number of carbonyl (C=O) groups excluding carboxylic acids is 1. The largest absolute Gasteiger partial charge is 0.416 e. The summed E-state index contributed by atoms with van der Waals surface area (Å²) in [4.78, 5) is 10.3. The molecule has 0 fully saturated rings. The quantitative estimate of drug-likeness (QED) is 0.678. The highest BCUT2D eigenvalue weighted by atomic mass is 35.5. The summed E-state index contributed by atoms with van der Waals surface area (Å²) in [5.41, 5.74) is -2.23. The Morgan fingerprint density at radius 2 is 1.74 bits per heavy atom. The lowest BCUT2D eigenvalue weighted by molar-refractivity contribution is -0.137. The van der Waals surface area contributed by atoms with Crippen molar-refractivity contribution in [2.75, 3.05) is 5.32 Å². The van der Waals surface area contributed by atoms with Crippen LogP contribution in [-0.2, 0) is 11.0 Å². The fourth-order valence-electron chi connectivity index (χ4n) is 1.98. The molecule has 1 amide bonds.